The fourth-order valence-electron chi connectivity index (χ4n) is 2.36. The maximum Gasteiger partial charge on any atom is 0.408 e. The summed E-state index contributed by atoms with van der Waals surface area (Å²) in [4.78, 5) is 23.5. The molecule has 0 heterocycles. The predicted octanol–water partition coefficient (Wildman–Crippen LogP) is 5.32. The first-order valence-corrected chi connectivity index (χ1v) is 8.17. The molecule has 0 radical (unpaired) electrons. The number of hydrogen-bond donors (Lipinski definition) is 1. The normalized spacial score (nSPS) is 11.1. The van der Waals surface area contributed by atoms with E-state index in [2.05, 4.69) is 0 Å². The zero-order valence-electron chi connectivity index (χ0n) is 14.6. The van der Waals surface area contributed by atoms with Crippen LogP contribution in [0.25, 0.3) is 0 Å². The number of amides is 1. The number of carbonyl (C=O) groups is 1. The predicted molar refractivity (Wildman–Crippen MR) is 97.9 cm³/mol. The number of nitro groups is 1. The van der Waals surface area contributed by atoms with Crippen LogP contribution in [0.5, 0.6) is 11.5 Å². The van der Waals surface area contributed by atoms with Crippen LogP contribution in [0.4, 0.5) is 10.5 Å². The summed E-state index contributed by atoms with van der Waals surface area (Å²) in [5.41, 5.74) is -0.644. The average molecular weight is 379 g/mol. The molecule has 0 aromatic heterocycles. The lowest BCUT2D eigenvalue weighted by molar-refractivity contribution is -0.385. The molecule has 26 heavy (non-hydrogen) atoms. The third-order valence-electron chi connectivity index (χ3n) is 3.65. The van der Waals surface area contributed by atoms with Crippen molar-refractivity contribution in [2.24, 2.45) is 0 Å². The van der Waals surface area contributed by atoms with Gasteiger partial charge in [0.25, 0.3) is 5.69 Å². The monoisotopic (exact) mass is 378 g/mol. The van der Waals surface area contributed by atoms with Crippen molar-refractivity contribution in [3.8, 4) is 11.5 Å². The summed E-state index contributed by atoms with van der Waals surface area (Å²) in [7, 11) is 0. The van der Waals surface area contributed by atoms with Gasteiger partial charge in [0, 0.05) is 16.6 Å². The fourth-order valence-corrected chi connectivity index (χ4v) is 2.54. The van der Waals surface area contributed by atoms with Gasteiger partial charge < -0.3 is 9.84 Å². The number of nitrogens with zero attached hydrogens (tertiary/aromatic N) is 2. The first-order chi connectivity index (χ1) is 12.1. The van der Waals surface area contributed by atoms with E-state index in [4.69, 9.17) is 16.3 Å². The molecule has 8 heteroatoms. The topological polar surface area (TPSA) is 92.9 Å². The molecule has 0 spiro atoms. The maximum absolute atomic E-state index is 11.6. The number of carboxylic acid groups (broad SMARTS) is 1. The van der Waals surface area contributed by atoms with E-state index in [1.807, 2.05) is 0 Å². The van der Waals surface area contributed by atoms with Crippen molar-refractivity contribution in [2.75, 3.05) is 0 Å². The minimum atomic E-state index is -1.16. The van der Waals surface area contributed by atoms with Gasteiger partial charge in [-0.3, -0.25) is 15.0 Å². The Morgan fingerprint density at radius 3 is 2.42 bits per heavy atom. The number of ether oxygens (including phenoxy) is 1. The second-order valence-corrected chi connectivity index (χ2v) is 7.08. The molecule has 0 aliphatic heterocycles. The van der Waals surface area contributed by atoms with Crippen LogP contribution < -0.4 is 4.74 Å². The van der Waals surface area contributed by atoms with E-state index in [0.717, 1.165) is 4.90 Å². The first kappa shape index (κ1) is 19.5. The number of benzene rings is 2. The summed E-state index contributed by atoms with van der Waals surface area (Å²) < 4.78 is 5.69. The van der Waals surface area contributed by atoms with Crippen molar-refractivity contribution in [2.45, 2.75) is 32.9 Å². The Hall–Kier alpha value is -2.80. The lowest BCUT2D eigenvalue weighted by Crippen LogP contribution is -2.44. The van der Waals surface area contributed by atoms with Crippen LogP contribution >= 0.6 is 11.6 Å². The Morgan fingerprint density at radius 2 is 1.88 bits per heavy atom. The quantitative estimate of drug-likeness (QED) is 0.561. The van der Waals surface area contributed by atoms with Crippen molar-refractivity contribution in [1.82, 2.24) is 4.90 Å². The number of nitro benzene ring substituents is 1. The molecule has 2 aromatic rings. The van der Waals surface area contributed by atoms with Crippen molar-refractivity contribution < 1.29 is 19.6 Å². The maximum atomic E-state index is 11.6. The van der Waals surface area contributed by atoms with Crippen LogP contribution in [0.15, 0.2) is 42.5 Å². The van der Waals surface area contributed by atoms with Crippen LogP contribution in [-0.4, -0.2) is 26.6 Å². The van der Waals surface area contributed by atoms with Crippen LogP contribution in [0, 0.1) is 10.1 Å². The first-order valence-electron chi connectivity index (χ1n) is 7.79. The molecule has 7 nitrogen and oxygen atoms in total. The average Bonchev–Trinajstić information content (AvgIpc) is 2.51. The molecule has 0 fully saturated rings. The molecule has 138 valence electrons. The number of hydrogen-bond acceptors (Lipinski definition) is 4. The Kier molecular flexibility index (Phi) is 5.72. The van der Waals surface area contributed by atoms with E-state index in [1.165, 1.54) is 18.2 Å². The van der Waals surface area contributed by atoms with Crippen LogP contribution in [0.3, 0.4) is 0 Å². The van der Waals surface area contributed by atoms with Gasteiger partial charge in [-0.1, -0.05) is 17.7 Å². The summed E-state index contributed by atoms with van der Waals surface area (Å²) in [5, 5.41) is 21.3. The zero-order chi connectivity index (χ0) is 19.5. The molecule has 0 saturated heterocycles. The molecule has 0 saturated carbocycles. The minimum Gasteiger partial charge on any atom is -0.465 e. The van der Waals surface area contributed by atoms with Gasteiger partial charge >= 0.3 is 6.09 Å². The molecular weight excluding hydrogens is 360 g/mol. The van der Waals surface area contributed by atoms with Gasteiger partial charge in [-0.2, -0.15) is 0 Å². The molecule has 2 aromatic carbocycles. The van der Waals surface area contributed by atoms with Gasteiger partial charge in [0.15, 0.2) is 0 Å². The summed E-state index contributed by atoms with van der Waals surface area (Å²) >= 11 is 5.92. The third kappa shape index (κ3) is 4.86. The van der Waals surface area contributed by atoms with Gasteiger partial charge in [-0.05, 0) is 51.1 Å². The highest BCUT2D eigenvalue weighted by Crippen LogP contribution is 2.31. The Bertz CT molecular complexity index is 833. The van der Waals surface area contributed by atoms with Crippen LogP contribution in [0.1, 0.15) is 26.3 Å². The SMILES string of the molecule is CC(C)(C)N(Cc1cc(Oc2cccc(Cl)c2)ccc1[N+](=O)[O-])C(=O)O. The Balaban J connectivity index is 2.39. The van der Waals surface area contributed by atoms with Gasteiger partial charge in [0.2, 0.25) is 0 Å². The largest absolute Gasteiger partial charge is 0.465 e. The van der Waals surface area contributed by atoms with Crippen molar-refractivity contribution in [3.05, 3.63) is 63.2 Å². The lowest BCUT2D eigenvalue weighted by atomic mass is 10.0. The summed E-state index contributed by atoms with van der Waals surface area (Å²) in [6, 6.07) is 11.0. The molecular formula is C18H19ClN2O5. The highest BCUT2D eigenvalue weighted by molar-refractivity contribution is 6.30. The van der Waals surface area contributed by atoms with Gasteiger partial charge in [-0.15, -0.1) is 0 Å². The van der Waals surface area contributed by atoms with Gasteiger partial charge in [-0.25, -0.2) is 4.79 Å². The number of rotatable bonds is 5. The Labute approximate surface area is 155 Å². The van der Waals surface area contributed by atoms with Gasteiger partial charge in [0.05, 0.1) is 17.0 Å². The molecule has 1 amide bonds. The lowest BCUT2D eigenvalue weighted by Gasteiger charge is -2.33. The molecule has 0 bridgehead atoms. The van der Waals surface area contributed by atoms with E-state index in [0.29, 0.717) is 16.5 Å². The van der Waals surface area contributed by atoms with E-state index >= 15 is 0 Å². The van der Waals surface area contributed by atoms with Crippen LogP contribution in [-0.2, 0) is 6.54 Å². The molecule has 1 N–H and O–H groups in total. The van der Waals surface area contributed by atoms with Crippen molar-refractivity contribution in [1.29, 1.82) is 0 Å². The van der Waals surface area contributed by atoms with E-state index < -0.39 is 16.6 Å². The number of halogens is 1. The molecule has 0 aliphatic carbocycles. The van der Waals surface area contributed by atoms with Gasteiger partial charge in [0.1, 0.15) is 11.5 Å². The van der Waals surface area contributed by atoms with E-state index in [1.54, 1.807) is 45.0 Å². The second-order valence-electron chi connectivity index (χ2n) is 6.65. The van der Waals surface area contributed by atoms with E-state index in [-0.39, 0.29) is 17.8 Å². The molecule has 0 aliphatic rings. The van der Waals surface area contributed by atoms with Crippen molar-refractivity contribution >= 4 is 23.4 Å². The van der Waals surface area contributed by atoms with E-state index in [9.17, 15) is 20.0 Å². The molecule has 0 unspecified atom stereocenters. The summed E-state index contributed by atoms with van der Waals surface area (Å²) in [6.07, 6.45) is -1.16. The summed E-state index contributed by atoms with van der Waals surface area (Å²) in [5.74, 6) is 0.829. The van der Waals surface area contributed by atoms with Crippen molar-refractivity contribution in [3.63, 3.8) is 0 Å². The minimum absolute atomic E-state index is 0.137. The Morgan fingerprint density at radius 1 is 1.23 bits per heavy atom. The summed E-state index contributed by atoms with van der Waals surface area (Å²) in [6.45, 7) is 5.03. The second kappa shape index (κ2) is 7.61. The molecule has 2 rings (SSSR count). The molecule has 0 atom stereocenters. The zero-order valence-corrected chi connectivity index (χ0v) is 15.4. The van der Waals surface area contributed by atoms with Crippen LogP contribution in [0.2, 0.25) is 5.02 Å². The smallest absolute Gasteiger partial charge is 0.408 e. The third-order valence-corrected chi connectivity index (χ3v) is 3.88. The fraction of sp³-hybridized carbons (Fsp3) is 0.278. The highest BCUT2D eigenvalue weighted by Gasteiger charge is 2.29. The standard InChI is InChI=1S/C18H19ClN2O5/c1-18(2,3)20(17(22)23)11-12-9-15(7-8-16(12)21(24)25)26-14-6-4-5-13(19)10-14/h4-10H,11H2,1-3H3,(H,22,23). The highest BCUT2D eigenvalue weighted by atomic mass is 35.5.